The van der Waals surface area contributed by atoms with Gasteiger partial charge in [-0.05, 0) is 25.0 Å². The van der Waals surface area contributed by atoms with Gasteiger partial charge in [-0.2, -0.15) is 0 Å². The van der Waals surface area contributed by atoms with Gasteiger partial charge in [0.05, 0.1) is 15.9 Å². The Labute approximate surface area is 92.9 Å². The van der Waals surface area contributed by atoms with Gasteiger partial charge in [-0.25, -0.2) is 0 Å². The molecule has 2 N–H and O–H groups in total. The first-order valence-electron chi connectivity index (χ1n) is 5.26. The van der Waals surface area contributed by atoms with Crippen molar-refractivity contribution in [2.24, 2.45) is 0 Å². The third kappa shape index (κ3) is 1.25. The van der Waals surface area contributed by atoms with Crippen LogP contribution in [0.4, 0.5) is 0 Å². The molecule has 1 aliphatic carbocycles. The topological polar surface area (TPSA) is 36.0 Å². The fourth-order valence-corrected chi connectivity index (χ4v) is 2.59. The first-order chi connectivity index (χ1) is 7.27. The molecule has 3 heteroatoms. The Hall–Kier alpha value is -1.15. The van der Waals surface area contributed by atoms with Crippen LogP contribution in [0.1, 0.15) is 30.9 Å². The summed E-state index contributed by atoms with van der Waals surface area (Å²) in [4.78, 5) is 3.31. The number of rotatable bonds is 1. The molecule has 0 radical (unpaired) electrons. The fourth-order valence-electron chi connectivity index (χ4n) is 2.19. The smallest absolute Gasteiger partial charge is 0.126 e. The summed E-state index contributed by atoms with van der Waals surface area (Å²) in [6.07, 6.45) is 3.68. The summed E-state index contributed by atoms with van der Waals surface area (Å²) in [5.74, 6) is 0.823. The molecule has 0 bridgehead atoms. The summed E-state index contributed by atoms with van der Waals surface area (Å²) in [6.45, 7) is 0. The Balaban J connectivity index is 2.24. The van der Waals surface area contributed by atoms with Crippen molar-refractivity contribution in [3.63, 3.8) is 0 Å². The van der Waals surface area contributed by atoms with E-state index in [0.29, 0.717) is 10.9 Å². The van der Waals surface area contributed by atoms with Crippen LogP contribution < -0.4 is 0 Å². The molecule has 0 atom stereocenters. The predicted octanol–water partition coefficient (Wildman–Crippen LogP) is 3.79. The molecule has 2 nitrogen and oxygen atoms in total. The van der Waals surface area contributed by atoms with Crippen LogP contribution in [0.25, 0.3) is 10.9 Å². The molecule has 1 aliphatic rings. The van der Waals surface area contributed by atoms with Crippen LogP contribution in [0, 0.1) is 0 Å². The van der Waals surface area contributed by atoms with E-state index in [1.807, 2.05) is 12.1 Å². The van der Waals surface area contributed by atoms with Crippen molar-refractivity contribution in [1.29, 1.82) is 0 Å². The number of phenols is 1. The first kappa shape index (κ1) is 9.10. The van der Waals surface area contributed by atoms with E-state index >= 15 is 0 Å². The predicted molar refractivity (Wildman–Crippen MR) is 61.6 cm³/mol. The van der Waals surface area contributed by atoms with Gasteiger partial charge < -0.3 is 10.1 Å². The van der Waals surface area contributed by atoms with Crippen LogP contribution in [0.3, 0.4) is 0 Å². The molecule has 1 aromatic carbocycles. The van der Waals surface area contributed by atoms with Gasteiger partial charge in [0, 0.05) is 11.6 Å². The summed E-state index contributed by atoms with van der Waals surface area (Å²) < 4.78 is 0. The van der Waals surface area contributed by atoms with Gasteiger partial charge in [0.2, 0.25) is 0 Å². The van der Waals surface area contributed by atoms with Crippen LogP contribution in [-0.4, -0.2) is 10.1 Å². The number of hydrogen-bond donors (Lipinski definition) is 2. The Morgan fingerprint density at radius 3 is 2.73 bits per heavy atom. The summed E-state index contributed by atoms with van der Waals surface area (Å²) in [6, 6.07) is 5.45. The van der Waals surface area contributed by atoms with Crippen molar-refractivity contribution in [2.45, 2.75) is 25.2 Å². The summed E-state index contributed by atoms with van der Waals surface area (Å²) >= 11 is 6.28. The maximum atomic E-state index is 9.73. The SMILES string of the molecule is Oc1cccc2[nH]c(C3CCC3)c(Cl)c12. The molecule has 78 valence electrons. The van der Waals surface area contributed by atoms with Crippen LogP contribution in [-0.2, 0) is 0 Å². The molecule has 0 aliphatic heterocycles. The third-order valence-electron chi connectivity index (χ3n) is 3.28. The van der Waals surface area contributed by atoms with E-state index in [0.717, 1.165) is 16.6 Å². The minimum absolute atomic E-state index is 0.263. The second-order valence-electron chi connectivity index (χ2n) is 4.18. The maximum Gasteiger partial charge on any atom is 0.126 e. The molecule has 3 rings (SSSR count). The number of nitrogens with one attached hydrogen (secondary N) is 1. The van der Waals surface area contributed by atoms with Crippen molar-refractivity contribution in [3.05, 3.63) is 28.9 Å². The highest BCUT2D eigenvalue weighted by atomic mass is 35.5. The molecule has 1 heterocycles. The zero-order chi connectivity index (χ0) is 10.4. The molecular weight excluding hydrogens is 210 g/mol. The van der Waals surface area contributed by atoms with Gasteiger partial charge in [-0.3, -0.25) is 0 Å². The van der Waals surface area contributed by atoms with Gasteiger partial charge in [-0.1, -0.05) is 24.1 Å². The van der Waals surface area contributed by atoms with Crippen molar-refractivity contribution < 1.29 is 5.11 Å². The zero-order valence-electron chi connectivity index (χ0n) is 8.26. The van der Waals surface area contributed by atoms with Gasteiger partial charge in [-0.15, -0.1) is 0 Å². The number of aromatic hydroxyl groups is 1. The molecule has 0 amide bonds. The highest BCUT2D eigenvalue weighted by molar-refractivity contribution is 6.37. The lowest BCUT2D eigenvalue weighted by atomic mass is 9.83. The number of aromatic nitrogens is 1. The second kappa shape index (κ2) is 3.17. The minimum atomic E-state index is 0.263. The molecule has 1 saturated carbocycles. The Bertz CT molecular complexity index is 514. The second-order valence-corrected chi connectivity index (χ2v) is 4.56. The third-order valence-corrected chi connectivity index (χ3v) is 3.67. The van der Waals surface area contributed by atoms with Gasteiger partial charge in [0.25, 0.3) is 0 Å². The van der Waals surface area contributed by atoms with Gasteiger partial charge in [0.1, 0.15) is 5.75 Å². The van der Waals surface area contributed by atoms with Crippen LogP contribution in [0.15, 0.2) is 18.2 Å². The number of H-pyrrole nitrogens is 1. The number of halogens is 1. The van der Waals surface area contributed by atoms with Crippen LogP contribution in [0.2, 0.25) is 5.02 Å². The zero-order valence-corrected chi connectivity index (χ0v) is 9.01. The standard InChI is InChI=1S/C12H12ClNO/c13-11-10-8(5-2-6-9(10)15)14-12(11)7-3-1-4-7/h2,5-7,14-15H,1,3-4H2. The molecule has 0 unspecified atom stereocenters. The molecule has 15 heavy (non-hydrogen) atoms. The van der Waals surface area contributed by atoms with Crippen molar-refractivity contribution >= 4 is 22.5 Å². The lowest BCUT2D eigenvalue weighted by Gasteiger charge is -2.24. The van der Waals surface area contributed by atoms with E-state index < -0.39 is 0 Å². The maximum absolute atomic E-state index is 9.73. The molecule has 1 aromatic heterocycles. The molecular formula is C12H12ClNO. The van der Waals surface area contributed by atoms with Crippen molar-refractivity contribution in [2.75, 3.05) is 0 Å². The average molecular weight is 222 g/mol. The lowest BCUT2D eigenvalue weighted by Crippen LogP contribution is -2.09. The highest BCUT2D eigenvalue weighted by Gasteiger charge is 2.25. The molecule has 0 saturated heterocycles. The van der Waals surface area contributed by atoms with E-state index in [-0.39, 0.29) is 5.75 Å². The van der Waals surface area contributed by atoms with E-state index in [1.165, 1.54) is 19.3 Å². The summed E-state index contributed by atoms with van der Waals surface area (Å²) in [5, 5.41) is 11.2. The largest absolute Gasteiger partial charge is 0.507 e. The van der Waals surface area contributed by atoms with E-state index in [4.69, 9.17) is 11.6 Å². The van der Waals surface area contributed by atoms with Crippen molar-refractivity contribution in [3.8, 4) is 5.75 Å². The summed E-state index contributed by atoms with van der Waals surface area (Å²) in [5.41, 5.74) is 2.03. The monoisotopic (exact) mass is 221 g/mol. The highest BCUT2D eigenvalue weighted by Crippen LogP contribution is 2.43. The van der Waals surface area contributed by atoms with Crippen molar-refractivity contribution in [1.82, 2.24) is 4.98 Å². The Morgan fingerprint density at radius 1 is 1.33 bits per heavy atom. The number of aromatic amines is 1. The van der Waals surface area contributed by atoms with E-state index in [9.17, 15) is 5.11 Å². The van der Waals surface area contributed by atoms with Crippen LogP contribution >= 0.6 is 11.6 Å². The number of hydrogen-bond acceptors (Lipinski definition) is 1. The van der Waals surface area contributed by atoms with Gasteiger partial charge >= 0.3 is 0 Å². The normalized spacial score (nSPS) is 16.9. The fraction of sp³-hybridized carbons (Fsp3) is 0.333. The van der Waals surface area contributed by atoms with Crippen LogP contribution in [0.5, 0.6) is 5.75 Å². The average Bonchev–Trinajstić information content (AvgIpc) is 2.43. The lowest BCUT2D eigenvalue weighted by molar-refractivity contribution is 0.413. The number of benzene rings is 1. The van der Waals surface area contributed by atoms with E-state index in [1.54, 1.807) is 6.07 Å². The van der Waals surface area contributed by atoms with E-state index in [2.05, 4.69) is 4.98 Å². The van der Waals surface area contributed by atoms with Gasteiger partial charge in [0.15, 0.2) is 0 Å². The molecule has 2 aromatic rings. The molecule has 0 spiro atoms. The number of phenolic OH excluding ortho intramolecular Hbond substituents is 1. The first-order valence-corrected chi connectivity index (χ1v) is 5.64. The Morgan fingerprint density at radius 2 is 2.13 bits per heavy atom. The Kier molecular flexibility index (Phi) is 1.93. The minimum Gasteiger partial charge on any atom is -0.507 e. The molecule has 1 fully saturated rings. The quantitative estimate of drug-likeness (QED) is 0.755. The number of fused-ring (bicyclic) bond motifs is 1. The summed E-state index contributed by atoms with van der Waals surface area (Å²) in [7, 11) is 0.